The van der Waals surface area contributed by atoms with Gasteiger partial charge < -0.3 is 8.92 Å². The Kier molecular flexibility index (Phi) is 3.52. The molecule has 0 saturated heterocycles. The van der Waals surface area contributed by atoms with E-state index in [4.69, 9.17) is 8.92 Å². The van der Waals surface area contributed by atoms with E-state index in [2.05, 4.69) is 5.32 Å². The monoisotopic (exact) mass is 333 g/mol. The van der Waals surface area contributed by atoms with Gasteiger partial charge in [0, 0.05) is 5.56 Å². The highest BCUT2D eigenvalue weighted by Crippen LogP contribution is 2.38. The summed E-state index contributed by atoms with van der Waals surface area (Å²) in [4.78, 5) is 11.6. The van der Waals surface area contributed by atoms with Crippen molar-refractivity contribution in [2.45, 2.75) is 24.3 Å². The molecule has 2 aromatic rings. The third-order valence-electron chi connectivity index (χ3n) is 3.46. The summed E-state index contributed by atoms with van der Waals surface area (Å²) in [5.74, 6) is 0.153. The number of amides is 1. The lowest BCUT2D eigenvalue weighted by molar-refractivity contribution is 0.0419. The van der Waals surface area contributed by atoms with Crippen LogP contribution in [0.3, 0.4) is 0 Å². The number of nitrogens with one attached hydrogen (secondary N) is 1. The van der Waals surface area contributed by atoms with E-state index in [1.165, 1.54) is 18.2 Å². The second-order valence-electron chi connectivity index (χ2n) is 5.58. The van der Waals surface area contributed by atoms with E-state index in [0.717, 1.165) is 0 Å². The molecule has 1 aliphatic rings. The summed E-state index contributed by atoms with van der Waals surface area (Å²) in [6.45, 7) is 3.44. The maximum Gasteiger partial charge on any atom is 0.412 e. The fraction of sp³-hybridized carbons (Fsp3) is 0.188. The number of carbonyl (C=O) groups excluding carboxylic acids is 1. The highest BCUT2D eigenvalue weighted by molar-refractivity contribution is 7.87. The maximum absolute atomic E-state index is 12.3. The minimum Gasteiger partial charge on any atom is -0.438 e. The molecular formula is C16H15NO5S. The first-order valence-electron chi connectivity index (χ1n) is 6.92. The minimum absolute atomic E-state index is 0.0709. The normalized spacial score (nSPS) is 16.0. The quantitative estimate of drug-likeness (QED) is 0.872. The SMILES string of the molecule is CC1(C)OC(=O)Nc2ccc(OS(=O)(=O)c3ccccc3)cc21. The van der Waals surface area contributed by atoms with Crippen molar-refractivity contribution in [2.24, 2.45) is 0 Å². The zero-order valence-electron chi connectivity index (χ0n) is 12.6. The molecule has 0 saturated carbocycles. The van der Waals surface area contributed by atoms with Gasteiger partial charge in [0.05, 0.1) is 5.69 Å². The largest absolute Gasteiger partial charge is 0.438 e. The van der Waals surface area contributed by atoms with Gasteiger partial charge in [-0.05, 0) is 44.2 Å². The summed E-state index contributed by atoms with van der Waals surface area (Å²) >= 11 is 0. The molecule has 0 radical (unpaired) electrons. The van der Waals surface area contributed by atoms with Gasteiger partial charge in [0.25, 0.3) is 0 Å². The molecule has 23 heavy (non-hydrogen) atoms. The summed E-state index contributed by atoms with van der Waals surface area (Å²) < 4.78 is 34.9. The zero-order chi connectivity index (χ0) is 16.7. The van der Waals surface area contributed by atoms with Crippen LogP contribution >= 0.6 is 0 Å². The molecule has 1 aliphatic heterocycles. The standard InChI is InChI=1S/C16H15NO5S/c1-16(2)13-10-11(8-9-14(13)17-15(18)21-16)22-23(19,20)12-6-4-3-5-7-12/h3-10H,1-2H3,(H,17,18). The van der Waals surface area contributed by atoms with Crippen molar-refractivity contribution in [1.82, 2.24) is 0 Å². The first-order valence-corrected chi connectivity index (χ1v) is 8.33. The van der Waals surface area contributed by atoms with Crippen LogP contribution in [-0.4, -0.2) is 14.5 Å². The average molecular weight is 333 g/mol. The molecule has 0 unspecified atom stereocenters. The number of anilines is 1. The van der Waals surface area contributed by atoms with Crippen molar-refractivity contribution in [3.63, 3.8) is 0 Å². The predicted molar refractivity (Wildman–Crippen MR) is 83.8 cm³/mol. The lowest BCUT2D eigenvalue weighted by Gasteiger charge is -2.32. The molecular weight excluding hydrogens is 318 g/mol. The van der Waals surface area contributed by atoms with E-state index >= 15 is 0 Å². The van der Waals surface area contributed by atoms with E-state index in [1.54, 1.807) is 44.2 Å². The summed E-state index contributed by atoms with van der Waals surface area (Å²) in [7, 11) is -3.92. The molecule has 1 heterocycles. The molecule has 3 rings (SSSR count). The first kappa shape index (κ1) is 15.4. The summed E-state index contributed by atoms with van der Waals surface area (Å²) in [6.07, 6.45) is -0.548. The molecule has 7 heteroatoms. The Morgan fingerprint density at radius 3 is 2.48 bits per heavy atom. The maximum atomic E-state index is 12.3. The lowest BCUT2D eigenvalue weighted by atomic mass is 9.95. The number of benzene rings is 2. The van der Waals surface area contributed by atoms with Crippen LogP contribution in [0.5, 0.6) is 5.75 Å². The van der Waals surface area contributed by atoms with Crippen LogP contribution in [0.2, 0.25) is 0 Å². The number of hydrogen-bond donors (Lipinski definition) is 1. The van der Waals surface area contributed by atoms with Gasteiger partial charge in [-0.25, -0.2) is 4.79 Å². The number of fused-ring (bicyclic) bond motifs is 1. The van der Waals surface area contributed by atoms with Crippen LogP contribution in [0.1, 0.15) is 19.4 Å². The van der Waals surface area contributed by atoms with Gasteiger partial charge in [-0.3, -0.25) is 5.32 Å². The van der Waals surface area contributed by atoms with Gasteiger partial charge in [0.1, 0.15) is 16.2 Å². The van der Waals surface area contributed by atoms with Gasteiger partial charge in [0.2, 0.25) is 0 Å². The molecule has 0 aromatic heterocycles. The van der Waals surface area contributed by atoms with Gasteiger partial charge in [-0.15, -0.1) is 0 Å². The highest BCUT2D eigenvalue weighted by Gasteiger charge is 2.34. The molecule has 2 aromatic carbocycles. The second-order valence-corrected chi connectivity index (χ2v) is 7.13. The Hall–Kier alpha value is -2.54. The number of cyclic esters (lactones) is 1. The van der Waals surface area contributed by atoms with E-state index in [1.807, 2.05) is 0 Å². The molecule has 0 fully saturated rings. The summed E-state index contributed by atoms with van der Waals surface area (Å²) in [5.41, 5.74) is 0.321. The van der Waals surface area contributed by atoms with Crippen molar-refractivity contribution >= 4 is 21.9 Å². The van der Waals surface area contributed by atoms with Gasteiger partial charge in [-0.2, -0.15) is 8.42 Å². The third kappa shape index (κ3) is 3.00. The molecule has 1 N–H and O–H groups in total. The fourth-order valence-corrected chi connectivity index (χ4v) is 3.31. The first-order chi connectivity index (χ1) is 10.8. The van der Waals surface area contributed by atoms with E-state index in [-0.39, 0.29) is 10.6 Å². The van der Waals surface area contributed by atoms with E-state index in [9.17, 15) is 13.2 Å². The van der Waals surface area contributed by atoms with Crippen LogP contribution < -0.4 is 9.50 Å². The van der Waals surface area contributed by atoms with E-state index < -0.39 is 21.8 Å². The third-order valence-corrected chi connectivity index (χ3v) is 4.72. The lowest BCUT2D eigenvalue weighted by Crippen LogP contribution is -2.34. The summed E-state index contributed by atoms with van der Waals surface area (Å²) in [6, 6.07) is 12.5. The molecule has 0 bridgehead atoms. The van der Waals surface area contributed by atoms with Crippen molar-refractivity contribution in [3.05, 3.63) is 54.1 Å². The van der Waals surface area contributed by atoms with Crippen LogP contribution in [0.4, 0.5) is 10.5 Å². The highest BCUT2D eigenvalue weighted by atomic mass is 32.2. The van der Waals surface area contributed by atoms with Crippen molar-refractivity contribution in [2.75, 3.05) is 5.32 Å². The van der Waals surface area contributed by atoms with Gasteiger partial charge in [0.15, 0.2) is 0 Å². The Balaban J connectivity index is 1.96. The second kappa shape index (κ2) is 5.27. The topological polar surface area (TPSA) is 81.7 Å². The van der Waals surface area contributed by atoms with E-state index in [0.29, 0.717) is 11.3 Å². The molecule has 1 amide bonds. The Bertz CT molecular complexity index is 859. The molecule has 6 nitrogen and oxygen atoms in total. The van der Waals surface area contributed by atoms with Crippen LogP contribution in [-0.2, 0) is 20.5 Å². The van der Waals surface area contributed by atoms with Crippen LogP contribution in [0, 0.1) is 0 Å². The number of ether oxygens (including phenoxy) is 1. The predicted octanol–water partition coefficient (Wildman–Crippen LogP) is 3.25. The fourth-order valence-electron chi connectivity index (χ4n) is 2.37. The average Bonchev–Trinajstić information content (AvgIpc) is 2.48. The van der Waals surface area contributed by atoms with Crippen molar-refractivity contribution in [1.29, 1.82) is 0 Å². The van der Waals surface area contributed by atoms with Crippen LogP contribution in [0.25, 0.3) is 0 Å². The molecule has 0 spiro atoms. The van der Waals surface area contributed by atoms with Crippen molar-refractivity contribution < 1.29 is 22.1 Å². The molecule has 0 atom stereocenters. The zero-order valence-corrected chi connectivity index (χ0v) is 13.4. The Morgan fingerprint density at radius 2 is 1.78 bits per heavy atom. The number of carbonyl (C=O) groups is 1. The van der Waals surface area contributed by atoms with Crippen molar-refractivity contribution in [3.8, 4) is 5.75 Å². The smallest absolute Gasteiger partial charge is 0.412 e. The Labute approximate surface area is 134 Å². The van der Waals surface area contributed by atoms with Gasteiger partial charge in [-0.1, -0.05) is 18.2 Å². The Morgan fingerprint density at radius 1 is 1.09 bits per heavy atom. The number of rotatable bonds is 3. The molecule has 120 valence electrons. The van der Waals surface area contributed by atoms with Crippen LogP contribution in [0.15, 0.2) is 53.4 Å². The summed E-state index contributed by atoms with van der Waals surface area (Å²) in [5, 5.41) is 2.57. The number of hydrogen-bond acceptors (Lipinski definition) is 5. The van der Waals surface area contributed by atoms with Gasteiger partial charge >= 0.3 is 16.2 Å². The molecule has 0 aliphatic carbocycles. The minimum atomic E-state index is -3.92.